The molecule has 0 radical (unpaired) electrons. The summed E-state index contributed by atoms with van der Waals surface area (Å²) in [5, 5.41) is 0. The lowest BCUT2D eigenvalue weighted by atomic mass is 9.92. The van der Waals surface area contributed by atoms with Crippen LogP contribution in [0.1, 0.15) is 41.7 Å². The van der Waals surface area contributed by atoms with Crippen LogP contribution in [0.5, 0.6) is 0 Å². The minimum atomic E-state index is -0.337. The molecule has 0 atom stereocenters. The highest BCUT2D eigenvalue weighted by Crippen LogP contribution is 2.27. The molecule has 2 aromatic carbocycles. The molecule has 148 valence electrons. The van der Waals surface area contributed by atoms with Gasteiger partial charge in [0.1, 0.15) is 0 Å². The number of esters is 1. The van der Waals surface area contributed by atoms with E-state index in [1.165, 1.54) is 16.7 Å². The van der Waals surface area contributed by atoms with Gasteiger partial charge >= 0.3 is 5.97 Å². The molecule has 0 aliphatic carbocycles. The molecule has 0 fully saturated rings. The molecule has 0 aliphatic heterocycles. The molecule has 3 heteroatoms. The summed E-state index contributed by atoms with van der Waals surface area (Å²) in [6, 6.07) is 14.8. The third-order valence-electron chi connectivity index (χ3n) is 4.49. The van der Waals surface area contributed by atoms with Crippen molar-refractivity contribution in [3.8, 4) is 0 Å². The molecule has 0 N–H and O–H groups in total. The number of carbonyl (C=O) groups excluding carboxylic acids is 1. The van der Waals surface area contributed by atoms with Gasteiger partial charge in [0.05, 0.1) is 18.8 Å². The average molecular weight is 379 g/mol. The van der Waals surface area contributed by atoms with Crippen LogP contribution >= 0.6 is 0 Å². The standard InChI is InChI=1S/C25H30O3/c1-6-27-17-22(25(26)28-7-2)13-15-24(21-11-8-18(3)9-12-21)23-14-10-19(4)16-20(23)5/h8-16H,6-7,17H2,1-5H3/b22-13-,24-15+. The highest BCUT2D eigenvalue weighted by atomic mass is 16.5. The largest absolute Gasteiger partial charge is 0.463 e. The minimum Gasteiger partial charge on any atom is -0.463 e. The van der Waals surface area contributed by atoms with Crippen molar-refractivity contribution in [2.45, 2.75) is 34.6 Å². The smallest absolute Gasteiger partial charge is 0.336 e. The van der Waals surface area contributed by atoms with Crippen LogP contribution in [0.15, 0.2) is 60.2 Å². The van der Waals surface area contributed by atoms with Gasteiger partial charge in [-0.25, -0.2) is 4.79 Å². The summed E-state index contributed by atoms with van der Waals surface area (Å²) in [5.74, 6) is -0.337. The topological polar surface area (TPSA) is 35.5 Å². The number of benzene rings is 2. The fourth-order valence-electron chi connectivity index (χ4n) is 2.99. The minimum absolute atomic E-state index is 0.236. The Balaban J connectivity index is 2.55. The number of allylic oxidation sites excluding steroid dienone is 2. The molecule has 0 heterocycles. The van der Waals surface area contributed by atoms with E-state index in [1.54, 1.807) is 6.92 Å². The van der Waals surface area contributed by atoms with Gasteiger partial charge in [-0.05, 0) is 63.0 Å². The zero-order chi connectivity index (χ0) is 20.5. The van der Waals surface area contributed by atoms with Crippen LogP contribution in [0.4, 0.5) is 0 Å². The third-order valence-corrected chi connectivity index (χ3v) is 4.49. The molecule has 2 rings (SSSR count). The monoisotopic (exact) mass is 378 g/mol. The van der Waals surface area contributed by atoms with Crippen LogP contribution in [0.2, 0.25) is 0 Å². The molecule has 2 aromatic rings. The van der Waals surface area contributed by atoms with Gasteiger partial charge in [0.15, 0.2) is 0 Å². The molecule has 0 saturated carbocycles. The lowest BCUT2D eigenvalue weighted by Crippen LogP contribution is -2.12. The Morgan fingerprint density at radius 1 is 0.893 bits per heavy atom. The van der Waals surface area contributed by atoms with E-state index < -0.39 is 0 Å². The SMILES string of the molecule is CCOC/C(=C/C=C(\c1ccc(C)cc1)c1ccc(C)cc1C)C(=O)OCC. The molecule has 0 spiro atoms. The van der Waals surface area contributed by atoms with E-state index in [-0.39, 0.29) is 12.6 Å². The molecule has 0 aromatic heterocycles. The first-order valence-electron chi connectivity index (χ1n) is 9.76. The molecule has 0 bridgehead atoms. The molecular weight excluding hydrogens is 348 g/mol. The third kappa shape index (κ3) is 5.93. The quantitative estimate of drug-likeness (QED) is 0.342. The first-order chi connectivity index (χ1) is 13.5. The van der Waals surface area contributed by atoms with Gasteiger partial charge in [-0.15, -0.1) is 0 Å². The highest BCUT2D eigenvalue weighted by molar-refractivity contribution is 5.90. The van der Waals surface area contributed by atoms with Crippen molar-refractivity contribution in [3.63, 3.8) is 0 Å². The van der Waals surface area contributed by atoms with E-state index >= 15 is 0 Å². The second-order valence-corrected chi connectivity index (χ2v) is 6.81. The first-order valence-corrected chi connectivity index (χ1v) is 9.76. The van der Waals surface area contributed by atoms with Crippen molar-refractivity contribution in [1.82, 2.24) is 0 Å². The van der Waals surface area contributed by atoms with Crippen LogP contribution in [0.25, 0.3) is 5.57 Å². The first kappa shape index (κ1) is 21.6. The van der Waals surface area contributed by atoms with Gasteiger partial charge in [0, 0.05) is 6.61 Å². The zero-order valence-electron chi connectivity index (χ0n) is 17.5. The Kier molecular flexibility index (Phi) is 8.21. The Hall–Kier alpha value is -2.65. The maximum Gasteiger partial charge on any atom is 0.336 e. The number of aryl methyl sites for hydroxylation is 3. The summed E-state index contributed by atoms with van der Waals surface area (Å²) in [7, 11) is 0. The summed E-state index contributed by atoms with van der Waals surface area (Å²) in [6.45, 7) is 11.1. The van der Waals surface area contributed by atoms with Crippen molar-refractivity contribution < 1.29 is 14.3 Å². The van der Waals surface area contributed by atoms with Gasteiger partial charge in [0.2, 0.25) is 0 Å². The number of hydrogen-bond donors (Lipinski definition) is 0. The van der Waals surface area contributed by atoms with Crippen LogP contribution in [0.3, 0.4) is 0 Å². The fourth-order valence-corrected chi connectivity index (χ4v) is 2.99. The van der Waals surface area contributed by atoms with E-state index in [2.05, 4.69) is 63.2 Å². The molecule has 3 nitrogen and oxygen atoms in total. The number of ether oxygens (including phenoxy) is 2. The van der Waals surface area contributed by atoms with Crippen LogP contribution < -0.4 is 0 Å². The second kappa shape index (κ2) is 10.6. The molecule has 28 heavy (non-hydrogen) atoms. The summed E-state index contributed by atoms with van der Waals surface area (Å²) in [5.41, 5.74) is 7.46. The number of carbonyl (C=O) groups is 1. The normalized spacial score (nSPS) is 12.2. The molecule has 0 amide bonds. The van der Waals surface area contributed by atoms with Crippen LogP contribution in [-0.4, -0.2) is 25.8 Å². The van der Waals surface area contributed by atoms with Gasteiger partial charge in [-0.3, -0.25) is 0 Å². The van der Waals surface area contributed by atoms with E-state index in [0.717, 1.165) is 16.7 Å². The summed E-state index contributed by atoms with van der Waals surface area (Å²) < 4.78 is 10.6. The van der Waals surface area contributed by atoms with Crippen LogP contribution in [-0.2, 0) is 14.3 Å². The average Bonchev–Trinajstić information content (AvgIpc) is 2.66. The molecular formula is C25H30O3. The maximum absolute atomic E-state index is 12.3. The molecule has 0 aliphatic rings. The molecule has 0 saturated heterocycles. The van der Waals surface area contributed by atoms with Gasteiger partial charge < -0.3 is 9.47 Å². The van der Waals surface area contributed by atoms with Crippen molar-refractivity contribution in [2.75, 3.05) is 19.8 Å². The Morgan fingerprint density at radius 2 is 1.57 bits per heavy atom. The van der Waals surface area contributed by atoms with Gasteiger partial charge in [0.25, 0.3) is 0 Å². The summed E-state index contributed by atoms with van der Waals surface area (Å²) >= 11 is 0. The second-order valence-electron chi connectivity index (χ2n) is 6.81. The summed E-state index contributed by atoms with van der Waals surface area (Å²) in [6.07, 6.45) is 3.82. The van der Waals surface area contributed by atoms with Crippen molar-refractivity contribution in [2.24, 2.45) is 0 Å². The van der Waals surface area contributed by atoms with Gasteiger partial charge in [-0.2, -0.15) is 0 Å². The Bertz CT molecular complexity index is 858. The van der Waals surface area contributed by atoms with Crippen molar-refractivity contribution in [3.05, 3.63) is 88.0 Å². The maximum atomic E-state index is 12.3. The van der Waals surface area contributed by atoms with E-state index in [1.807, 2.05) is 19.1 Å². The Labute approximate surface area is 168 Å². The van der Waals surface area contributed by atoms with E-state index in [9.17, 15) is 4.79 Å². The van der Waals surface area contributed by atoms with Gasteiger partial charge in [-0.1, -0.05) is 59.7 Å². The predicted octanol–water partition coefficient (Wildman–Crippen LogP) is 5.57. The number of hydrogen-bond acceptors (Lipinski definition) is 3. The van der Waals surface area contributed by atoms with Crippen molar-refractivity contribution in [1.29, 1.82) is 0 Å². The Morgan fingerprint density at radius 3 is 2.18 bits per heavy atom. The van der Waals surface area contributed by atoms with E-state index in [4.69, 9.17) is 9.47 Å². The lowest BCUT2D eigenvalue weighted by Gasteiger charge is -2.13. The summed E-state index contributed by atoms with van der Waals surface area (Å²) in [4.78, 5) is 12.3. The number of rotatable bonds is 8. The molecule has 0 unspecified atom stereocenters. The highest BCUT2D eigenvalue weighted by Gasteiger charge is 2.12. The lowest BCUT2D eigenvalue weighted by molar-refractivity contribution is -0.139. The van der Waals surface area contributed by atoms with Crippen molar-refractivity contribution >= 4 is 11.5 Å². The zero-order valence-corrected chi connectivity index (χ0v) is 17.5. The predicted molar refractivity (Wildman–Crippen MR) is 115 cm³/mol. The fraction of sp³-hybridized carbons (Fsp3) is 0.320. The van der Waals surface area contributed by atoms with Crippen LogP contribution in [0, 0.1) is 20.8 Å². The van der Waals surface area contributed by atoms with E-state index in [0.29, 0.717) is 18.8 Å².